The summed E-state index contributed by atoms with van der Waals surface area (Å²) in [5.74, 6) is 0.861. The lowest BCUT2D eigenvalue weighted by Gasteiger charge is -2.34. The Kier molecular flexibility index (Phi) is 28.1. The number of urea groups is 2. The first-order valence-electron chi connectivity index (χ1n) is 25.3. The van der Waals surface area contributed by atoms with Crippen LogP contribution in [0, 0.1) is 0 Å². The van der Waals surface area contributed by atoms with E-state index in [-0.39, 0.29) is 18.2 Å². The molecule has 366 valence electrons. The Labute approximate surface area is 390 Å². The Hall–Kier alpha value is -2.93. The summed E-state index contributed by atoms with van der Waals surface area (Å²) in [6.07, 6.45) is 19.1. The number of ether oxygens (including phenoxy) is 1. The van der Waals surface area contributed by atoms with Crippen LogP contribution in [0.5, 0.6) is 0 Å². The van der Waals surface area contributed by atoms with Gasteiger partial charge in [-0.25, -0.2) is 14.4 Å². The van der Waals surface area contributed by atoms with E-state index in [4.69, 9.17) is 15.5 Å². The van der Waals surface area contributed by atoms with Crippen molar-refractivity contribution in [1.82, 2.24) is 57.3 Å². The first kappa shape index (κ1) is 53.7. The first-order chi connectivity index (χ1) is 31.4. The second-order valence-corrected chi connectivity index (χ2v) is 18.9. The average molecular weight is 917 g/mol. The van der Waals surface area contributed by atoms with Crippen LogP contribution in [-0.2, 0) is 17.8 Å². The van der Waals surface area contributed by atoms with Crippen molar-refractivity contribution in [2.45, 2.75) is 172 Å². The number of hydrogen-bond donors (Lipinski definition) is 9. The van der Waals surface area contributed by atoms with Gasteiger partial charge in [0.1, 0.15) is 0 Å². The Morgan fingerprint density at radius 2 is 1.19 bits per heavy atom. The molecule has 2 aliphatic carbocycles. The molecule has 4 rings (SSSR count). The topological polar surface area (TPSA) is 202 Å². The van der Waals surface area contributed by atoms with E-state index in [2.05, 4.69) is 54.7 Å². The van der Waals surface area contributed by atoms with Gasteiger partial charge in [0.05, 0.1) is 24.7 Å². The van der Waals surface area contributed by atoms with Crippen LogP contribution in [0.4, 0.5) is 14.4 Å². The second-order valence-electron chi connectivity index (χ2n) is 17.7. The van der Waals surface area contributed by atoms with Crippen molar-refractivity contribution in [2.75, 3.05) is 84.5 Å². The summed E-state index contributed by atoms with van der Waals surface area (Å²) >= 11 is 1.81. The number of thioether (sulfide) groups is 1. The average Bonchev–Trinajstić information content (AvgIpc) is 3.31. The van der Waals surface area contributed by atoms with Crippen molar-refractivity contribution in [3.05, 3.63) is 23.5 Å². The molecule has 4 atom stereocenters. The smallest absolute Gasteiger partial charge is 0.407 e. The van der Waals surface area contributed by atoms with Crippen LogP contribution in [0.3, 0.4) is 0 Å². The maximum atomic E-state index is 12.7. The largest absolute Gasteiger partial charge is 0.450 e. The van der Waals surface area contributed by atoms with Gasteiger partial charge >= 0.3 is 18.2 Å². The summed E-state index contributed by atoms with van der Waals surface area (Å²) in [6.45, 7) is 13.6. The second kappa shape index (κ2) is 33.5. The minimum absolute atomic E-state index is 0.0147. The molecule has 0 saturated heterocycles. The predicted molar refractivity (Wildman–Crippen MR) is 261 cm³/mol. The molecule has 2 unspecified atom stereocenters. The van der Waals surface area contributed by atoms with Crippen LogP contribution < -0.4 is 48.3 Å². The van der Waals surface area contributed by atoms with Gasteiger partial charge in [-0.3, -0.25) is 10.3 Å². The van der Waals surface area contributed by atoms with E-state index in [1.165, 1.54) is 56.3 Å². The molecule has 2 fully saturated rings. The molecule has 1 aromatic rings. The molecule has 2 saturated carbocycles. The number of aromatic nitrogens is 1. The summed E-state index contributed by atoms with van der Waals surface area (Å²) in [5, 5.41) is 27.7. The van der Waals surface area contributed by atoms with Crippen LogP contribution in [0.15, 0.2) is 17.0 Å². The van der Waals surface area contributed by atoms with E-state index in [0.717, 1.165) is 121 Å². The molecule has 1 aromatic heterocycles. The number of nitrogens with zero attached hydrogens (tertiary/aromatic N) is 3. The van der Waals surface area contributed by atoms with Crippen LogP contribution >= 0.6 is 11.8 Å². The highest BCUT2D eigenvalue weighted by molar-refractivity contribution is 7.99. The highest BCUT2D eigenvalue weighted by atomic mass is 32.2. The van der Waals surface area contributed by atoms with Crippen molar-refractivity contribution < 1.29 is 19.1 Å². The molecule has 10 N–H and O–H groups in total. The lowest BCUT2D eigenvalue weighted by atomic mass is 9.89. The highest BCUT2D eigenvalue weighted by Crippen LogP contribution is 2.24. The number of nitrogens with one attached hydrogen (secondary N) is 8. The van der Waals surface area contributed by atoms with Crippen molar-refractivity contribution in [3.8, 4) is 0 Å². The molecule has 0 spiro atoms. The van der Waals surface area contributed by atoms with Crippen LogP contribution in [0.2, 0.25) is 0 Å². The molecule has 5 amide bonds. The van der Waals surface area contributed by atoms with Gasteiger partial charge in [0, 0.05) is 100 Å². The fourth-order valence-electron chi connectivity index (χ4n) is 8.94. The molecule has 0 aromatic carbocycles. The Morgan fingerprint density at radius 1 is 0.672 bits per heavy atom. The minimum atomic E-state index is -0.361. The van der Waals surface area contributed by atoms with Crippen molar-refractivity contribution in [3.63, 3.8) is 0 Å². The van der Waals surface area contributed by atoms with E-state index in [1.54, 1.807) is 4.90 Å². The number of fused-ring (bicyclic) bond motifs is 4. The number of rotatable bonds is 26. The van der Waals surface area contributed by atoms with Gasteiger partial charge < -0.3 is 57.5 Å². The van der Waals surface area contributed by atoms with Crippen molar-refractivity contribution in [1.29, 1.82) is 0 Å². The Morgan fingerprint density at radius 3 is 1.73 bits per heavy atom. The van der Waals surface area contributed by atoms with E-state index in [1.807, 2.05) is 30.5 Å². The number of carbonyl (C=O) groups excluding carboxylic acids is 3. The van der Waals surface area contributed by atoms with Gasteiger partial charge in [-0.15, -0.1) is 11.8 Å². The Balaban J connectivity index is 1.02. The molecular weight excluding hydrogens is 829 g/mol. The molecule has 2 bridgehead atoms. The molecule has 3 aliphatic rings. The van der Waals surface area contributed by atoms with Gasteiger partial charge in [0.25, 0.3) is 0 Å². The van der Waals surface area contributed by atoms with E-state index in [9.17, 15) is 14.4 Å². The minimum Gasteiger partial charge on any atom is -0.450 e. The Bertz CT molecular complexity index is 1380. The number of nitrogens with two attached hydrogens (primary N) is 1. The van der Waals surface area contributed by atoms with Crippen LogP contribution in [0.25, 0.3) is 0 Å². The SMILES string of the molecule is CCN(CCCNCN(CC)C(=O)NCCCCCCNC(=O)OCCCSc1cc2nc(c1)CN[C@@H]1CCCCC1NCCN[C@@H]1CCCCC1NC2)C(=O)NCCCCCCN. The number of pyridine rings is 1. The number of hydrogen-bond acceptors (Lipinski definition) is 12. The molecule has 64 heavy (non-hydrogen) atoms. The number of amides is 5. The third-order valence-corrected chi connectivity index (χ3v) is 13.8. The van der Waals surface area contributed by atoms with Crippen molar-refractivity contribution in [2.24, 2.45) is 5.73 Å². The fraction of sp³-hybridized carbons (Fsp3) is 0.830. The summed E-state index contributed by atoms with van der Waals surface area (Å²) in [7, 11) is 0. The van der Waals surface area contributed by atoms with Gasteiger partial charge in [0.2, 0.25) is 0 Å². The van der Waals surface area contributed by atoms with Crippen molar-refractivity contribution >= 4 is 29.9 Å². The number of unbranched alkanes of at least 4 members (excludes halogenated alkanes) is 6. The predicted octanol–water partition coefficient (Wildman–Crippen LogP) is 5.36. The highest BCUT2D eigenvalue weighted by Gasteiger charge is 2.27. The molecule has 17 heteroatoms. The third-order valence-electron chi connectivity index (χ3n) is 12.7. The summed E-state index contributed by atoms with van der Waals surface area (Å²) < 4.78 is 5.50. The zero-order chi connectivity index (χ0) is 45.5. The number of alkyl carbamates (subject to hydrolysis) is 1. The van der Waals surface area contributed by atoms with Gasteiger partial charge in [-0.2, -0.15) is 0 Å². The van der Waals surface area contributed by atoms with Crippen LogP contribution in [-0.4, -0.2) is 142 Å². The quantitative estimate of drug-likeness (QED) is 0.0328. The molecule has 16 nitrogen and oxygen atoms in total. The van der Waals surface area contributed by atoms with Gasteiger partial charge in [-0.1, -0.05) is 51.4 Å². The summed E-state index contributed by atoms with van der Waals surface area (Å²) in [4.78, 5) is 47.5. The van der Waals surface area contributed by atoms with Gasteiger partial charge in [0.15, 0.2) is 0 Å². The standard InChI is InChI=1S/C47H88N12O4S/c1-3-58(45(60)52-25-14-6-5-13-23-48)30-17-24-49-37-59(4-2)46(61)53-26-15-7-8-16-27-54-47(62)63-31-18-32-64-40-33-38-35-55-43-21-11-9-19-41(43)50-28-29-51-42-20-10-12-22-44(42)56-36-39(34-40)57-38/h33-34,41-44,49-51,55-56H,3-32,35-37,48H2,1-2H3,(H,52,60)(H,53,61)(H,54,62)/t41-,42?,43?,44-/m1/s1. The molecular formula is C47H88N12O4S. The zero-order valence-electron chi connectivity index (χ0n) is 39.8. The molecule has 1 aliphatic heterocycles. The monoisotopic (exact) mass is 917 g/mol. The lowest BCUT2D eigenvalue weighted by molar-refractivity contribution is 0.146. The normalized spacial score (nSPS) is 20.4. The lowest BCUT2D eigenvalue weighted by Crippen LogP contribution is -2.53. The van der Waals surface area contributed by atoms with E-state index in [0.29, 0.717) is 76.7 Å². The maximum Gasteiger partial charge on any atom is 0.407 e. The van der Waals surface area contributed by atoms with Crippen LogP contribution in [0.1, 0.15) is 141 Å². The molecule has 0 radical (unpaired) electrons. The van der Waals surface area contributed by atoms with E-state index >= 15 is 0 Å². The third kappa shape index (κ3) is 22.0. The first-order valence-corrected chi connectivity index (χ1v) is 26.3. The van der Waals surface area contributed by atoms with Gasteiger partial charge in [-0.05, 0) is 103 Å². The maximum absolute atomic E-state index is 12.7. The van der Waals surface area contributed by atoms with E-state index < -0.39 is 0 Å². The summed E-state index contributed by atoms with van der Waals surface area (Å²) in [6, 6.07) is 6.31. The fourth-order valence-corrected chi connectivity index (χ4v) is 9.88. The summed E-state index contributed by atoms with van der Waals surface area (Å²) in [5.41, 5.74) is 7.73. The molecule has 2 heterocycles. The number of carbonyl (C=O) groups is 3. The zero-order valence-corrected chi connectivity index (χ0v) is 40.6.